The van der Waals surface area contributed by atoms with Crippen molar-refractivity contribution >= 4 is 51.0 Å². The second kappa shape index (κ2) is 12.7. The van der Waals surface area contributed by atoms with E-state index in [4.69, 9.17) is 25.9 Å². The largest absolute Gasteiger partial charge is 0.490 e. The van der Waals surface area contributed by atoms with Crippen LogP contribution in [0.5, 0.6) is 11.5 Å². The molecule has 9 nitrogen and oxygen atoms in total. The van der Waals surface area contributed by atoms with E-state index in [1.807, 2.05) is 6.92 Å². The van der Waals surface area contributed by atoms with E-state index in [1.54, 1.807) is 48.5 Å². The molecule has 182 valence electrons. The highest BCUT2D eigenvalue weighted by Gasteiger charge is 2.13. The van der Waals surface area contributed by atoms with Crippen LogP contribution in [0, 0.1) is 10.1 Å². The third-order valence-electron chi connectivity index (χ3n) is 4.46. The van der Waals surface area contributed by atoms with E-state index in [-0.39, 0.29) is 24.8 Å². The molecule has 0 radical (unpaired) electrons. The predicted octanol–water partition coefficient (Wildman–Crippen LogP) is 5.98. The van der Waals surface area contributed by atoms with Crippen LogP contribution in [0.1, 0.15) is 18.1 Å². The molecule has 0 unspecified atom stereocenters. The van der Waals surface area contributed by atoms with Gasteiger partial charge in [-0.25, -0.2) is 0 Å². The molecule has 0 aliphatic heterocycles. The van der Waals surface area contributed by atoms with Gasteiger partial charge in [0.1, 0.15) is 6.61 Å². The number of halogens is 2. The lowest BCUT2D eigenvalue weighted by Gasteiger charge is -2.14. The number of amides is 1. The van der Waals surface area contributed by atoms with E-state index < -0.39 is 4.92 Å². The topological polar surface area (TPSA) is 112 Å². The fourth-order valence-electron chi connectivity index (χ4n) is 2.86. The van der Waals surface area contributed by atoms with Crippen molar-refractivity contribution in [2.45, 2.75) is 13.5 Å². The summed E-state index contributed by atoms with van der Waals surface area (Å²) in [5, 5.41) is 17.9. The summed E-state index contributed by atoms with van der Waals surface area (Å²) in [5.41, 5.74) is 2.03. The minimum absolute atomic E-state index is 0.0123. The Kier molecular flexibility index (Phi) is 9.45. The molecule has 35 heavy (non-hydrogen) atoms. The van der Waals surface area contributed by atoms with Gasteiger partial charge in [-0.05, 0) is 76.9 Å². The van der Waals surface area contributed by atoms with Gasteiger partial charge in [-0.3, -0.25) is 14.9 Å². The molecule has 3 aromatic rings. The molecule has 1 N–H and O–H groups in total. The summed E-state index contributed by atoms with van der Waals surface area (Å²) in [6, 6.07) is 16.3. The first-order chi connectivity index (χ1) is 16.9. The number of hydrogen-bond donors (Lipinski definition) is 1. The maximum absolute atomic E-state index is 12.0. The van der Waals surface area contributed by atoms with Gasteiger partial charge in [0.25, 0.3) is 11.6 Å². The summed E-state index contributed by atoms with van der Waals surface area (Å²) in [4.78, 5) is 27.4. The first-order valence-corrected chi connectivity index (χ1v) is 11.6. The van der Waals surface area contributed by atoms with Crippen molar-refractivity contribution in [1.82, 2.24) is 0 Å². The maximum atomic E-state index is 12.0. The molecule has 0 aromatic heterocycles. The first kappa shape index (κ1) is 26.0. The summed E-state index contributed by atoms with van der Waals surface area (Å²) >= 11 is 9.30. The molecular formula is C24H21BrClN3O6. The number of hydrogen-bond acceptors (Lipinski definition) is 7. The number of non-ortho nitro benzene ring substituents is 1. The Labute approximate surface area is 214 Å². The van der Waals surface area contributed by atoms with Crippen LogP contribution in [0.15, 0.2) is 70.3 Å². The summed E-state index contributed by atoms with van der Waals surface area (Å²) in [5.74, 6) is 0.590. The molecule has 0 saturated carbocycles. The van der Waals surface area contributed by atoms with Gasteiger partial charge in [0.15, 0.2) is 18.1 Å². The molecule has 0 aliphatic carbocycles. The lowest BCUT2D eigenvalue weighted by molar-refractivity contribution is -0.384. The molecule has 0 fully saturated rings. The van der Waals surface area contributed by atoms with Crippen molar-refractivity contribution in [3.63, 3.8) is 0 Å². The number of nitro groups is 1. The Morgan fingerprint density at radius 1 is 1.14 bits per heavy atom. The Balaban J connectivity index is 1.59. The van der Waals surface area contributed by atoms with Gasteiger partial charge in [0, 0.05) is 28.4 Å². The minimum atomic E-state index is -0.454. The standard InChI is InChI=1S/C24H21BrClN3O6/c1-2-33-22-12-17(13-27-35-15-23(30)28-19-7-5-18(26)6-8-19)11-21(25)24(22)34-14-16-3-9-20(10-4-16)29(31)32/h3-13H,2,14-15H2,1H3,(H,28,30)/b27-13+. The van der Waals surface area contributed by atoms with Crippen LogP contribution in [0.4, 0.5) is 11.4 Å². The molecule has 11 heteroatoms. The second-order valence-electron chi connectivity index (χ2n) is 7.04. The molecular weight excluding hydrogens is 542 g/mol. The van der Waals surface area contributed by atoms with Gasteiger partial charge >= 0.3 is 0 Å². The predicted molar refractivity (Wildman–Crippen MR) is 136 cm³/mol. The van der Waals surface area contributed by atoms with E-state index in [0.717, 1.165) is 5.56 Å². The van der Waals surface area contributed by atoms with E-state index in [1.165, 1.54) is 18.3 Å². The van der Waals surface area contributed by atoms with Crippen LogP contribution in [0.3, 0.4) is 0 Å². The average Bonchev–Trinajstić information content (AvgIpc) is 2.83. The van der Waals surface area contributed by atoms with Crippen LogP contribution in [-0.2, 0) is 16.2 Å². The summed E-state index contributed by atoms with van der Waals surface area (Å²) < 4.78 is 12.2. The number of nitro benzene ring substituents is 1. The van der Waals surface area contributed by atoms with Gasteiger partial charge in [-0.2, -0.15) is 0 Å². The summed E-state index contributed by atoms with van der Waals surface area (Å²) in [6.07, 6.45) is 1.45. The number of anilines is 1. The van der Waals surface area contributed by atoms with Crippen LogP contribution in [0.25, 0.3) is 0 Å². The van der Waals surface area contributed by atoms with Crippen molar-refractivity contribution in [2.24, 2.45) is 5.16 Å². The highest BCUT2D eigenvalue weighted by molar-refractivity contribution is 9.10. The Bertz CT molecular complexity index is 1200. The molecule has 0 aliphatic rings. The van der Waals surface area contributed by atoms with Gasteiger partial charge in [0.05, 0.1) is 22.2 Å². The molecule has 0 spiro atoms. The van der Waals surface area contributed by atoms with E-state index in [2.05, 4.69) is 26.4 Å². The maximum Gasteiger partial charge on any atom is 0.269 e. The van der Waals surface area contributed by atoms with Gasteiger partial charge in [-0.15, -0.1) is 0 Å². The smallest absolute Gasteiger partial charge is 0.269 e. The van der Waals surface area contributed by atoms with Gasteiger partial charge in [-0.1, -0.05) is 16.8 Å². The van der Waals surface area contributed by atoms with Crippen molar-refractivity contribution in [3.05, 3.63) is 91.4 Å². The lowest BCUT2D eigenvalue weighted by Crippen LogP contribution is -2.16. The number of benzene rings is 3. The quantitative estimate of drug-likeness (QED) is 0.175. The molecule has 0 atom stereocenters. The van der Waals surface area contributed by atoms with Crippen molar-refractivity contribution in [1.29, 1.82) is 0 Å². The van der Waals surface area contributed by atoms with E-state index in [0.29, 0.717) is 38.9 Å². The number of oxime groups is 1. The number of rotatable bonds is 11. The number of carbonyl (C=O) groups is 1. The Morgan fingerprint density at radius 2 is 1.86 bits per heavy atom. The Hall–Kier alpha value is -3.63. The second-order valence-corrected chi connectivity index (χ2v) is 8.33. The van der Waals surface area contributed by atoms with Crippen LogP contribution < -0.4 is 14.8 Å². The van der Waals surface area contributed by atoms with E-state index in [9.17, 15) is 14.9 Å². The van der Waals surface area contributed by atoms with Crippen molar-refractivity contribution in [2.75, 3.05) is 18.5 Å². The fraction of sp³-hybridized carbons (Fsp3) is 0.167. The van der Waals surface area contributed by atoms with Crippen molar-refractivity contribution < 1.29 is 24.0 Å². The molecule has 0 heterocycles. The first-order valence-electron chi connectivity index (χ1n) is 10.4. The van der Waals surface area contributed by atoms with Gasteiger partial charge < -0.3 is 19.6 Å². The lowest BCUT2D eigenvalue weighted by atomic mass is 10.2. The van der Waals surface area contributed by atoms with Crippen LogP contribution in [-0.4, -0.2) is 30.3 Å². The number of nitrogens with one attached hydrogen (secondary N) is 1. The molecule has 1 amide bonds. The van der Waals surface area contributed by atoms with Crippen molar-refractivity contribution in [3.8, 4) is 11.5 Å². The molecule has 0 bridgehead atoms. The minimum Gasteiger partial charge on any atom is -0.490 e. The monoisotopic (exact) mass is 561 g/mol. The van der Waals surface area contributed by atoms with Gasteiger partial charge in [0.2, 0.25) is 0 Å². The zero-order valence-corrected chi connectivity index (χ0v) is 20.9. The zero-order valence-electron chi connectivity index (χ0n) is 18.6. The number of nitrogens with zero attached hydrogens (tertiary/aromatic N) is 2. The molecule has 0 saturated heterocycles. The van der Waals surface area contributed by atoms with E-state index >= 15 is 0 Å². The fourth-order valence-corrected chi connectivity index (χ4v) is 3.56. The third-order valence-corrected chi connectivity index (χ3v) is 5.30. The average molecular weight is 563 g/mol. The number of carbonyl (C=O) groups excluding carboxylic acids is 1. The Morgan fingerprint density at radius 3 is 2.51 bits per heavy atom. The molecule has 3 rings (SSSR count). The highest BCUT2D eigenvalue weighted by atomic mass is 79.9. The zero-order chi connectivity index (χ0) is 25.2. The SMILES string of the molecule is CCOc1cc(/C=N/OCC(=O)Nc2ccc(Cl)cc2)cc(Br)c1OCc1ccc([N+](=O)[O-])cc1. The number of ether oxygens (including phenoxy) is 2. The summed E-state index contributed by atoms with van der Waals surface area (Å²) in [7, 11) is 0. The molecule has 3 aromatic carbocycles. The highest BCUT2D eigenvalue weighted by Crippen LogP contribution is 2.37. The normalized spacial score (nSPS) is 10.7. The third kappa shape index (κ3) is 7.97. The van der Waals surface area contributed by atoms with Crippen LogP contribution >= 0.6 is 27.5 Å². The summed E-state index contributed by atoms with van der Waals surface area (Å²) in [6.45, 7) is 2.17. The van der Waals surface area contributed by atoms with Crippen LogP contribution in [0.2, 0.25) is 5.02 Å².